The van der Waals surface area contributed by atoms with Crippen molar-refractivity contribution in [3.8, 4) is 0 Å². The largest absolute Gasteiger partial charge is 0.382 e. The molecule has 0 fully saturated rings. The van der Waals surface area contributed by atoms with E-state index >= 15 is 0 Å². The molecule has 0 saturated heterocycles. The Labute approximate surface area is 101 Å². The van der Waals surface area contributed by atoms with Crippen LogP contribution in [0.2, 0.25) is 0 Å². The van der Waals surface area contributed by atoms with Crippen LogP contribution in [0.15, 0.2) is 6.07 Å². The second kappa shape index (κ2) is 6.87. The van der Waals surface area contributed by atoms with Gasteiger partial charge in [0.15, 0.2) is 0 Å². The summed E-state index contributed by atoms with van der Waals surface area (Å²) in [6.07, 6.45) is -0.0331. The van der Waals surface area contributed by atoms with Crippen LogP contribution in [0.25, 0.3) is 0 Å². The zero-order valence-electron chi connectivity index (χ0n) is 10.4. The first-order chi connectivity index (χ1) is 8.19. The Balaban J connectivity index is 2.58. The van der Waals surface area contributed by atoms with Crippen LogP contribution in [0.5, 0.6) is 0 Å². The van der Waals surface area contributed by atoms with Crippen molar-refractivity contribution in [1.82, 2.24) is 9.97 Å². The standard InChI is InChI=1S/C10H19N5O2/c1-12-8-4-9(15-10(11)14-8)13-5-7(17-3)6-16-2/h4,7H,5-6H2,1-3H3,(H4,11,12,13,14,15). The molecule has 96 valence electrons. The third-order valence-electron chi connectivity index (χ3n) is 2.20. The normalized spacial score (nSPS) is 12.2. The molecule has 1 unspecified atom stereocenters. The number of hydrogen-bond donors (Lipinski definition) is 3. The Morgan fingerprint density at radius 3 is 2.65 bits per heavy atom. The van der Waals surface area contributed by atoms with E-state index < -0.39 is 0 Å². The highest BCUT2D eigenvalue weighted by atomic mass is 16.5. The van der Waals surface area contributed by atoms with Crippen molar-refractivity contribution in [2.75, 3.05) is 50.8 Å². The average Bonchev–Trinajstić information content (AvgIpc) is 2.33. The van der Waals surface area contributed by atoms with E-state index in [2.05, 4.69) is 20.6 Å². The van der Waals surface area contributed by atoms with Crippen molar-refractivity contribution in [3.63, 3.8) is 0 Å². The van der Waals surface area contributed by atoms with Gasteiger partial charge in [-0.3, -0.25) is 0 Å². The fraction of sp³-hybridized carbons (Fsp3) is 0.600. The van der Waals surface area contributed by atoms with Gasteiger partial charge in [0, 0.05) is 33.9 Å². The minimum Gasteiger partial charge on any atom is -0.382 e. The molecule has 7 heteroatoms. The Kier molecular flexibility index (Phi) is 5.44. The number of ether oxygens (including phenoxy) is 2. The number of nitrogens with zero attached hydrogens (tertiary/aromatic N) is 2. The molecule has 1 rings (SSSR count). The number of aromatic nitrogens is 2. The van der Waals surface area contributed by atoms with Crippen LogP contribution in [0.1, 0.15) is 0 Å². The number of nitrogens with two attached hydrogens (primary N) is 1. The summed E-state index contributed by atoms with van der Waals surface area (Å²) < 4.78 is 10.2. The lowest BCUT2D eigenvalue weighted by atomic mass is 10.3. The van der Waals surface area contributed by atoms with E-state index in [0.29, 0.717) is 24.8 Å². The predicted molar refractivity (Wildman–Crippen MR) is 67.2 cm³/mol. The van der Waals surface area contributed by atoms with Crippen molar-refractivity contribution < 1.29 is 9.47 Å². The Bertz CT molecular complexity index is 347. The summed E-state index contributed by atoms with van der Waals surface area (Å²) in [5.74, 6) is 1.54. The fourth-order valence-electron chi connectivity index (χ4n) is 1.30. The van der Waals surface area contributed by atoms with Gasteiger partial charge in [-0.15, -0.1) is 0 Å². The maximum absolute atomic E-state index is 5.57. The molecular weight excluding hydrogens is 222 g/mol. The molecule has 1 atom stereocenters. The number of anilines is 3. The topological polar surface area (TPSA) is 94.3 Å². The molecule has 7 nitrogen and oxygen atoms in total. The summed E-state index contributed by atoms with van der Waals surface area (Å²) in [4.78, 5) is 8.06. The van der Waals surface area contributed by atoms with E-state index in [9.17, 15) is 0 Å². The first-order valence-corrected chi connectivity index (χ1v) is 5.27. The quantitative estimate of drug-likeness (QED) is 0.626. The summed E-state index contributed by atoms with van der Waals surface area (Å²) in [5.41, 5.74) is 5.57. The highest BCUT2D eigenvalue weighted by molar-refractivity contribution is 5.50. The van der Waals surface area contributed by atoms with Crippen LogP contribution < -0.4 is 16.4 Å². The molecule has 0 radical (unpaired) electrons. The molecule has 0 aliphatic rings. The Hall–Kier alpha value is -1.60. The lowest BCUT2D eigenvalue weighted by Crippen LogP contribution is -2.27. The molecule has 17 heavy (non-hydrogen) atoms. The summed E-state index contributed by atoms with van der Waals surface area (Å²) in [6.45, 7) is 1.10. The van der Waals surface area contributed by atoms with E-state index in [4.69, 9.17) is 15.2 Å². The Morgan fingerprint density at radius 2 is 2.06 bits per heavy atom. The molecule has 0 saturated carbocycles. The highest BCUT2D eigenvalue weighted by Crippen LogP contribution is 2.11. The van der Waals surface area contributed by atoms with Gasteiger partial charge >= 0.3 is 0 Å². The molecule has 1 aromatic rings. The molecular formula is C10H19N5O2. The van der Waals surface area contributed by atoms with Gasteiger partial charge in [0.1, 0.15) is 11.6 Å². The summed E-state index contributed by atoms with van der Waals surface area (Å²) in [7, 11) is 5.04. The molecule has 4 N–H and O–H groups in total. The SMILES string of the molecule is CNc1cc(NCC(COC)OC)nc(N)n1. The van der Waals surface area contributed by atoms with Crippen molar-refractivity contribution in [2.24, 2.45) is 0 Å². The molecule has 0 aromatic carbocycles. The second-order valence-corrected chi connectivity index (χ2v) is 3.44. The maximum Gasteiger partial charge on any atom is 0.223 e. The highest BCUT2D eigenvalue weighted by Gasteiger charge is 2.07. The maximum atomic E-state index is 5.57. The van der Waals surface area contributed by atoms with Gasteiger partial charge in [-0.25, -0.2) is 0 Å². The zero-order chi connectivity index (χ0) is 12.7. The predicted octanol–water partition coefficient (Wildman–Crippen LogP) is 0.174. The van der Waals surface area contributed by atoms with Crippen LogP contribution in [0.3, 0.4) is 0 Å². The van der Waals surface area contributed by atoms with Gasteiger partial charge in [-0.1, -0.05) is 0 Å². The van der Waals surface area contributed by atoms with Crippen molar-refractivity contribution in [1.29, 1.82) is 0 Å². The minimum absolute atomic E-state index is 0.0331. The molecule has 1 aromatic heterocycles. The van der Waals surface area contributed by atoms with Gasteiger partial charge in [-0.2, -0.15) is 9.97 Å². The zero-order valence-corrected chi connectivity index (χ0v) is 10.4. The molecule has 0 spiro atoms. The van der Waals surface area contributed by atoms with E-state index in [1.165, 1.54) is 0 Å². The van der Waals surface area contributed by atoms with E-state index in [1.807, 2.05) is 0 Å². The third-order valence-corrected chi connectivity index (χ3v) is 2.20. The van der Waals surface area contributed by atoms with Gasteiger partial charge in [-0.05, 0) is 0 Å². The number of nitrogen functional groups attached to an aromatic ring is 1. The van der Waals surface area contributed by atoms with Gasteiger partial charge in [0.05, 0.1) is 12.7 Å². The number of nitrogens with one attached hydrogen (secondary N) is 2. The number of hydrogen-bond acceptors (Lipinski definition) is 7. The molecule has 1 heterocycles. The van der Waals surface area contributed by atoms with Crippen molar-refractivity contribution in [3.05, 3.63) is 6.07 Å². The first kappa shape index (κ1) is 13.5. The van der Waals surface area contributed by atoms with E-state index in [0.717, 1.165) is 0 Å². The first-order valence-electron chi connectivity index (χ1n) is 5.27. The summed E-state index contributed by atoms with van der Waals surface area (Å²) in [6, 6.07) is 1.77. The lowest BCUT2D eigenvalue weighted by Gasteiger charge is -2.15. The van der Waals surface area contributed by atoms with Crippen LogP contribution in [-0.2, 0) is 9.47 Å². The molecule has 0 aliphatic heterocycles. The third kappa shape index (κ3) is 4.41. The lowest BCUT2D eigenvalue weighted by molar-refractivity contribution is 0.0365. The van der Waals surface area contributed by atoms with Crippen LogP contribution >= 0.6 is 0 Å². The summed E-state index contributed by atoms with van der Waals surface area (Å²) in [5, 5.41) is 6.03. The van der Waals surface area contributed by atoms with E-state index in [1.54, 1.807) is 27.3 Å². The molecule has 0 bridgehead atoms. The second-order valence-electron chi connectivity index (χ2n) is 3.44. The van der Waals surface area contributed by atoms with Crippen LogP contribution in [0, 0.1) is 0 Å². The summed E-state index contributed by atoms with van der Waals surface area (Å²) >= 11 is 0. The van der Waals surface area contributed by atoms with Crippen LogP contribution in [-0.4, -0.2) is 50.5 Å². The average molecular weight is 241 g/mol. The van der Waals surface area contributed by atoms with Crippen LogP contribution in [0.4, 0.5) is 17.6 Å². The van der Waals surface area contributed by atoms with E-state index in [-0.39, 0.29) is 12.1 Å². The smallest absolute Gasteiger partial charge is 0.223 e. The van der Waals surface area contributed by atoms with Gasteiger partial charge in [0.2, 0.25) is 5.95 Å². The number of methoxy groups -OCH3 is 2. The molecule has 0 amide bonds. The monoisotopic (exact) mass is 241 g/mol. The van der Waals surface area contributed by atoms with Gasteiger partial charge < -0.3 is 25.8 Å². The van der Waals surface area contributed by atoms with Crippen molar-refractivity contribution in [2.45, 2.75) is 6.10 Å². The Morgan fingerprint density at radius 1 is 1.35 bits per heavy atom. The number of rotatable bonds is 7. The molecule has 0 aliphatic carbocycles. The van der Waals surface area contributed by atoms with Crippen molar-refractivity contribution >= 4 is 17.6 Å². The minimum atomic E-state index is -0.0331. The fourth-order valence-corrected chi connectivity index (χ4v) is 1.30. The van der Waals surface area contributed by atoms with Gasteiger partial charge in [0.25, 0.3) is 0 Å².